The van der Waals surface area contributed by atoms with Gasteiger partial charge in [-0.2, -0.15) is 15.1 Å². The van der Waals surface area contributed by atoms with E-state index in [2.05, 4.69) is 35.3 Å². The molecule has 4 saturated heterocycles. The Morgan fingerprint density at radius 2 is 1.77 bits per heavy atom. The topological polar surface area (TPSA) is 82.2 Å². The molecule has 4 aromatic rings. The lowest BCUT2D eigenvalue weighted by Gasteiger charge is -2.34. The fourth-order valence-electron chi connectivity index (χ4n) is 7.19. The van der Waals surface area contributed by atoms with Gasteiger partial charge in [-0.3, -0.25) is 10.00 Å². The highest BCUT2D eigenvalue weighted by Crippen LogP contribution is 2.42. The zero-order valence-corrected chi connectivity index (χ0v) is 26.3. The highest BCUT2D eigenvalue weighted by Gasteiger charge is 2.35. The summed E-state index contributed by atoms with van der Waals surface area (Å²) in [7, 11) is 1.46. The minimum absolute atomic E-state index is 0.0827. The van der Waals surface area contributed by atoms with Gasteiger partial charge in [0.15, 0.2) is 11.6 Å². The number of fused-ring (bicyclic) bond motifs is 5. The van der Waals surface area contributed by atoms with Gasteiger partial charge in [-0.15, -0.1) is 0 Å². The standard InChI is InChI=1S/C23H21ClF2N6O.C7H12FN.C2H6/c1-10-17-13(5-6-16(25)21(17)31-30-10)18-15(24)7-14-20(19(18)26)28-23(33-2)29-22(14)32-8-11-3-4-12(9-32)27-11;8-6-4-7-2-1-3-9(7)5-6;1-2/h5-7,11-12,27H,3-4,8-9H2,1-2H3,(H,30,31);6-7H,1-5H2;1-2H3. The number of halogens is 4. The molecule has 4 aliphatic heterocycles. The number of benzene rings is 2. The molecule has 44 heavy (non-hydrogen) atoms. The summed E-state index contributed by atoms with van der Waals surface area (Å²) in [6.07, 6.45) is 5.02. The van der Waals surface area contributed by atoms with Crippen LogP contribution in [-0.2, 0) is 0 Å². The summed E-state index contributed by atoms with van der Waals surface area (Å²) in [6.45, 7) is 9.14. The number of H-pyrrole nitrogens is 1. The Balaban J connectivity index is 0.000000263. The molecule has 4 fully saturated rings. The summed E-state index contributed by atoms with van der Waals surface area (Å²) in [6, 6.07) is 5.91. The summed E-state index contributed by atoms with van der Waals surface area (Å²) < 4.78 is 48.4. The number of nitrogens with zero attached hydrogens (tertiary/aromatic N) is 5. The van der Waals surface area contributed by atoms with Crippen LogP contribution in [0.5, 0.6) is 6.01 Å². The van der Waals surface area contributed by atoms with Crippen molar-refractivity contribution >= 4 is 39.2 Å². The molecule has 6 heterocycles. The van der Waals surface area contributed by atoms with Gasteiger partial charge >= 0.3 is 6.01 Å². The molecule has 8 nitrogen and oxygen atoms in total. The maximum Gasteiger partial charge on any atom is 0.318 e. The molecule has 0 radical (unpaired) electrons. The number of rotatable bonds is 3. The monoisotopic (exact) mass is 629 g/mol. The van der Waals surface area contributed by atoms with Crippen molar-refractivity contribution in [1.82, 2.24) is 30.4 Å². The van der Waals surface area contributed by atoms with E-state index in [-0.39, 0.29) is 27.6 Å². The molecule has 2 N–H and O–H groups in total. The molecule has 4 aliphatic rings. The molecule has 2 bridgehead atoms. The predicted octanol–water partition coefficient (Wildman–Crippen LogP) is 6.58. The molecule has 236 valence electrons. The molecule has 12 heteroatoms. The molecular weight excluding hydrogens is 591 g/mol. The van der Waals surface area contributed by atoms with Crippen molar-refractivity contribution in [3.63, 3.8) is 0 Å². The number of hydrogen-bond acceptors (Lipinski definition) is 7. The van der Waals surface area contributed by atoms with Crippen LogP contribution in [0.1, 0.15) is 51.6 Å². The smallest absolute Gasteiger partial charge is 0.318 e. The lowest BCUT2D eigenvalue weighted by molar-refractivity contribution is 0.292. The Kier molecular flexibility index (Phi) is 8.90. The minimum Gasteiger partial charge on any atom is -0.467 e. The van der Waals surface area contributed by atoms with Crippen molar-refractivity contribution in [2.24, 2.45) is 0 Å². The Hall–Kier alpha value is -3.15. The Bertz CT molecular complexity index is 1640. The first-order valence-corrected chi connectivity index (χ1v) is 15.9. The van der Waals surface area contributed by atoms with E-state index in [1.165, 1.54) is 32.1 Å². The Morgan fingerprint density at radius 1 is 1.02 bits per heavy atom. The first-order chi connectivity index (χ1) is 21.3. The Morgan fingerprint density at radius 3 is 2.48 bits per heavy atom. The molecule has 4 atom stereocenters. The van der Waals surface area contributed by atoms with Crippen LogP contribution in [0.2, 0.25) is 5.02 Å². The van der Waals surface area contributed by atoms with Crippen LogP contribution in [0.3, 0.4) is 0 Å². The number of hydrogen-bond donors (Lipinski definition) is 2. The number of piperazine rings is 1. The summed E-state index contributed by atoms with van der Waals surface area (Å²) in [4.78, 5) is 13.3. The number of ether oxygens (including phenoxy) is 1. The third kappa shape index (κ3) is 5.58. The number of alkyl halides is 1. The van der Waals surface area contributed by atoms with E-state index in [1.54, 1.807) is 13.0 Å². The fraction of sp³-hybridized carbons (Fsp3) is 0.531. The van der Waals surface area contributed by atoms with E-state index >= 15 is 4.39 Å². The van der Waals surface area contributed by atoms with Crippen LogP contribution >= 0.6 is 11.6 Å². The number of nitrogens with one attached hydrogen (secondary N) is 2. The van der Waals surface area contributed by atoms with E-state index in [9.17, 15) is 8.78 Å². The zero-order valence-electron chi connectivity index (χ0n) is 25.6. The maximum absolute atomic E-state index is 16.1. The van der Waals surface area contributed by atoms with Gasteiger partial charge < -0.3 is 15.0 Å². The molecular formula is C32H39ClF3N7O. The number of aromatic nitrogens is 4. The van der Waals surface area contributed by atoms with Crippen molar-refractivity contribution < 1.29 is 17.9 Å². The molecule has 0 amide bonds. The zero-order chi connectivity index (χ0) is 31.1. The van der Waals surface area contributed by atoms with E-state index in [0.717, 1.165) is 38.9 Å². The van der Waals surface area contributed by atoms with Gasteiger partial charge in [0.1, 0.15) is 23.0 Å². The van der Waals surface area contributed by atoms with Crippen molar-refractivity contribution in [2.75, 3.05) is 38.2 Å². The SMILES string of the molecule is CC.COc1nc(N2CC3CCC(C2)N3)c2cc(Cl)c(-c3ccc(F)c4n[nH]c(C)c34)c(F)c2n1.FC1CC2CCCN2C1. The van der Waals surface area contributed by atoms with E-state index in [0.29, 0.717) is 52.5 Å². The molecule has 2 aromatic heterocycles. The van der Waals surface area contributed by atoms with Crippen molar-refractivity contribution in [3.05, 3.63) is 40.6 Å². The Labute approximate surface area is 260 Å². The number of methoxy groups -OCH3 is 1. The fourth-order valence-corrected chi connectivity index (χ4v) is 7.49. The van der Waals surface area contributed by atoms with Gasteiger partial charge in [0.25, 0.3) is 0 Å². The second-order valence-electron chi connectivity index (χ2n) is 11.8. The number of aryl methyl sites for hydroxylation is 1. The second kappa shape index (κ2) is 12.7. The van der Waals surface area contributed by atoms with Crippen LogP contribution in [-0.4, -0.2) is 82.7 Å². The first-order valence-electron chi connectivity index (χ1n) is 15.6. The highest BCUT2D eigenvalue weighted by atomic mass is 35.5. The molecule has 4 unspecified atom stereocenters. The van der Waals surface area contributed by atoms with Crippen LogP contribution in [0, 0.1) is 18.6 Å². The van der Waals surface area contributed by atoms with Crippen LogP contribution in [0.4, 0.5) is 19.0 Å². The second-order valence-corrected chi connectivity index (χ2v) is 12.2. The minimum atomic E-state index is -0.605. The molecule has 0 aliphatic carbocycles. The number of anilines is 1. The third-order valence-electron chi connectivity index (χ3n) is 9.11. The van der Waals surface area contributed by atoms with Gasteiger partial charge in [-0.1, -0.05) is 31.5 Å². The molecule has 8 rings (SSSR count). The van der Waals surface area contributed by atoms with E-state index < -0.39 is 17.8 Å². The van der Waals surface area contributed by atoms with Crippen molar-refractivity contribution in [1.29, 1.82) is 0 Å². The third-order valence-corrected chi connectivity index (χ3v) is 9.41. The van der Waals surface area contributed by atoms with Crippen molar-refractivity contribution in [3.8, 4) is 17.1 Å². The lowest BCUT2D eigenvalue weighted by Crippen LogP contribution is -2.51. The first kappa shape index (κ1) is 30.9. The average molecular weight is 630 g/mol. The molecule has 0 spiro atoms. The summed E-state index contributed by atoms with van der Waals surface area (Å²) in [5, 5.41) is 11.6. The molecule has 2 aromatic carbocycles. The van der Waals surface area contributed by atoms with Crippen molar-refractivity contribution in [2.45, 2.75) is 77.2 Å². The highest BCUT2D eigenvalue weighted by molar-refractivity contribution is 6.35. The normalized spacial score (nSPS) is 24.2. The van der Waals surface area contributed by atoms with Gasteiger partial charge in [-0.25, -0.2) is 13.2 Å². The molecule has 0 saturated carbocycles. The van der Waals surface area contributed by atoms with E-state index in [4.69, 9.17) is 16.3 Å². The lowest BCUT2D eigenvalue weighted by atomic mass is 9.97. The maximum atomic E-state index is 16.1. The van der Waals surface area contributed by atoms with Crippen LogP contribution in [0.15, 0.2) is 18.2 Å². The summed E-state index contributed by atoms with van der Waals surface area (Å²) in [5.41, 5.74) is 1.46. The van der Waals surface area contributed by atoms with Gasteiger partial charge in [0.05, 0.1) is 12.1 Å². The van der Waals surface area contributed by atoms with Crippen LogP contribution < -0.4 is 15.0 Å². The summed E-state index contributed by atoms with van der Waals surface area (Å²) >= 11 is 6.67. The van der Waals surface area contributed by atoms with E-state index in [1.807, 2.05) is 13.8 Å². The van der Waals surface area contributed by atoms with Crippen LogP contribution in [0.25, 0.3) is 32.9 Å². The number of aromatic amines is 1. The predicted molar refractivity (Wildman–Crippen MR) is 168 cm³/mol. The summed E-state index contributed by atoms with van der Waals surface area (Å²) in [5.74, 6) is -0.493. The quantitative estimate of drug-likeness (QED) is 0.265. The largest absolute Gasteiger partial charge is 0.467 e. The van der Waals surface area contributed by atoms with Gasteiger partial charge in [0.2, 0.25) is 0 Å². The average Bonchev–Trinajstić information content (AvgIpc) is 3.80. The van der Waals surface area contributed by atoms with Gasteiger partial charge in [-0.05, 0) is 63.3 Å². The van der Waals surface area contributed by atoms with Gasteiger partial charge in [0, 0.05) is 59.8 Å².